The highest BCUT2D eigenvalue weighted by Crippen LogP contribution is 2.28. The smallest absolute Gasteiger partial charge is 0.248 e. The van der Waals surface area contributed by atoms with Gasteiger partial charge in [0.05, 0.1) is 0 Å². The Kier molecular flexibility index (Phi) is 8.74. The van der Waals surface area contributed by atoms with Crippen molar-refractivity contribution in [3.8, 4) is 11.1 Å². The van der Waals surface area contributed by atoms with Crippen LogP contribution in [0.15, 0.2) is 70.8 Å². The molecule has 2 aromatic carbocycles. The van der Waals surface area contributed by atoms with Gasteiger partial charge in [-0.15, -0.1) is 0 Å². The van der Waals surface area contributed by atoms with Crippen LogP contribution >= 0.6 is 11.9 Å². The van der Waals surface area contributed by atoms with Crippen molar-refractivity contribution in [3.05, 3.63) is 65.9 Å². The number of hydrogen-bond donors (Lipinski definition) is 1. The van der Waals surface area contributed by atoms with Gasteiger partial charge in [-0.3, -0.25) is 9.59 Å². The molecule has 0 atom stereocenters. The third-order valence-corrected chi connectivity index (χ3v) is 6.49. The van der Waals surface area contributed by atoms with Gasteiger partial charge in [0.1, 0.15) is 0 Å². The first kappa shape index (κ1) is 23.1. The summed E-state index contributed by atoms with van der Waals surface area (Å²) < 4.78 is 2.19. The van der Waals surface area contributed by atoms with E-state index in [1.165, 1.54) is 16.0 Å². The molecule has 0 aromatic heterocycles. The number of benzene rings is 2. The normalized spacial score (nSPS) is 13.9. The third-order valence-electron chi connectivity index (χ3n) is 5.51. The maximum Gasteiger partial charge on any atom is 0.248 e. The first-order valence-corrected chi connectivity index (χ1v) is 11.6. The lowest BCUT2D eigenvalue weighted by Gasteiger charge is -2.28. The Morgan fingerprint density at radius 2 is 1.68 bits per heavy atom. The van der Waals surface area contributed by atoms with Crippen molar-refractivity contribution in [1.29, 1.82) is 0 Å². The minimum atomic E-state index is -0.0619. The van der Waals surface area contributed by atoms with Gasteiger partial charge in [0.25, 0.3) is 0 Å². The molecule has 0 saturated carbocycles. The SMILES string of the molecule is CNC(=O)C1=C(N(C=O)CCCN(C)Sc2ccc(-c3ccccc3)cc2)CCCC1. The number of carbonyl (C=O) groups excluding carboxylic acids is 2. The predicted octanol–water partition coefficient (Wildman–Crippen LogP) is 4.72. The number of allylic oxidation sites excluding steroid dienone is 1. The minimum absolute atomic E-state index is 0.0619. The van der Waals surface area contributed by atoms with E-state index in [1.807, 2.05) is 6.07 Å². The lowest BCUT2D eigenvalue weighted by molar-refractivity contribution is -0.118. The fraction of sp³-hybridized carbons (Fsp3) is 0.360. The highest BCUT2D eigenvalue weighted by molar-refractivity contribution is 7.97. The van der Waals surface area contributed by atoms with Crippen molar-refractivity contribution >= 4 is 24.3 Å². The van der Waals surface area contributed by atoms with Gasteiger partial charge in [-0.25, -0.2) is 4.31 Å². The number of amides is 2. The molecule has 1 aliphatic carbocycles. The van der Waals surface area contributed by atoms with Gasteiger partial charge in [0.15, 0.2) is 0 Å². The molecule has 0 bridgehead atoms. The lowest BCUT2D eigenvalue weighted by Crippen LogP contribution is -2.31. The number of nitrogens with zero attached hydrogens (tertiary/aromatic N) is 2. The van der Waals surface area contributed by atoms with Crippen LogP contribution in [0, 0.1) is 0 Å². The Morgan fingerprint density at radius 3 is 2.35 bits per heavy atom. The molecule has 6 heteroatoms. The van der Waals surface area contributed by atoms with Crippen molar-refractivity contribution in [2.75, 3.05) is 27.2 Å². The van der Waals surface area contributed by atoms with Gasteiger partial charge < -0.3 is 10.2 Å². The summed E-state index contributed by atoms with van der Waals surface area (Å²) in [6.45, 7) is 1.47. The molecule has 0 heterocycles. The molecule has 0 unspecified atom stereocenters. The van der Waals surface area contributed by atoms with Crippen molar-refractivity contribution in [1.82, 2.24) is 14.5 Å². The Balaban J connectivity index is 1.52. The summed E-state index contributed by atoms with van der Waals surface area (Å²) in [6.07, 6.45) is 5.28. The van der Waals surface area contributed by atoms with Gasteiger partial charge in [0.2, 0.25) is 12.3 Å². The summed E-state index contributed by atoms with van der Waals surface area (Å²) in [5.74, 6) is -0.0619. The molecule has 0 fully saturated rings. The van der Waals surface area contributed by atoms with Crippen LogP contribution in [0.4, 0.5) is 0 Å². The fourth-order valence-electron chi connectivity index (χ4n) is 3.88. The summed E-state index contributed by atoms with van der Waals surface area (Å²) in [4.78, 5) is 26.8. The van der Waals surface area contributed by atoms with E-state index in [2.05, 4.69) is 65.2 Å². The van der Waals surface area contributed by atoms with Crippen molar-refractivity contribution in [3.63, 3.8) is 0 Å². The van der Waals surface area contributed by atoms with Gasteiger partial charge in [0, 0.05) is 36.3 Å². The van der Waals surface area contributed by atoms with Crippen molar-refractivity contribution < 1.29 is 9.59 Å². The number of likely N-dealkylation sites (N-methyl/N-ethyl adjacent to an activating group) is 1. The van der Waals surface area contributed by atoms with E-state index in [0.29, 0.717) is 6.54 Å². The largest absolute Gasteiger partial charge is 0.355 e. The molecule has 0 spiro atoms. The molecule has 0 saturated heterocycles. The standard InChI is InChI=1S/C25H31N3O2S/c1-26-25(30)23-11-6-7-12-24(23)28(19-29)18-8-17-27(2)31-22-15-13-21(14-16-22)20-9-4-3-5-10-20/h3-5,9-10,13-16,19H,6-8,11-12,17-18H2,1-2H3,(H,26,30). The Labute approximate surface area is 189 Å². The minimum Gasteiger partial charge on any atom is -0.355 e. The zero-order valence-corrected chi connectivity index (χ0v) is 19.2. The zero-order chi connectivity index (χ0) is 22.1. The number of nitrogens with one attached hydrogen (secondary N) is 1. The van der Waals surface area contributed by atoms with Crippen LogP contribution in [0.3, 0.4) is 0 Å². The zero-order valence-electron chi connectivity index (χ0n) is 18.3. The van der Waals surface area contributed by atoms with E-state index in [0.717, 1.165) is 56.3 Å². The molecule has 31 heavy (non-hydrogen) atoms. The third kappa shape index (κ3) is 6.45. The van der Waals surface area contributed by atoms with Gasteiger partial charge in [-0.2, -0.15) is 0 Å². The molecule has 2 aromatic rings. The molecular formula is C25H31N3O2S. The van der Waals surface area contributed by atoms with Crippen LogP contribution in [0.2, 0.25) is 0 Å². The molecule has 2 amide bonds. The molecule has 1 aliphatic rings. The molecule has 5 nitrogen and oxygen atoms in total. The average Bonchev–Trinajstić information content (AvgIpc) is 2.82. The molecule has 164 valence electrons. The molecule has 0 radical (unpaired) electrons. The second kappa shape index (κ2) is 11.7. The highest BCUT2D eigenvalue weighted by Gasteiger charge is 2.22. The van der Waals surface area contributed by atoms with E-state index < -0.39 is 0 Å². The van der Waals surface area contributed by atoms with Crippen LogP contribution in [-0.2, 0) is 9.59 Å². The second-order valence-electron chi connectivity index (χ2n) is 7.70. The summed E-state index contributed by atoms with van der Waals surface area (Å²) in [6, 6.07) is 18.9. The number of carbonyl (C=O) groups is 2. The van der Waals surface area contributed by atoms with Gasteiger partial charge in [-0.1, -0.05) is 42.5 Å². The monoisotopic (exact) mass is 437 g/mol. The summed E-state index contributed by atoms with van der Waals surface area (Å²) in [5, 5.41) is 2.71. The first-order valence-electron chi connectivity index (χ1n) is 10.8. The summed E-state index contributed by atoms with van der Waals surface area (Å²) >= 11 is 1.70. The summed E-state index contributed by atoms with van der Waals surface area (Å²) in [7, 11) is 3.71. The lowest BCUT2D eigenvalue weighted by atomic mass is 9.94. The second-order valence-corrected chi connectivity index (χ2v) is 8.97. The van der Waals surface area contributed by atoms with Gasteiger partial charge in [-0.05, 0) is 74.4 Å². The van der Waals surface area contributed by atoms with E-state index in [-0.39, 0.29) is 5.91 Å². The fourth-order valence-corrected chi connectivity index (χ4v) is 4.72. The molecule has 0 aliphatic heterocycles. The van der Waals surface area contributed by atoms with Crippen LogP contribution in [0.5, 0.6) is 0 Å². The Hall–Kier alpha value is -2.57. The first-order chi connectivity index (χ1) is 15.1. The van der Waals surface area contributed by atoms with Crippen molar-refractivity contribution in [2.24, 2.45) is 0 Å². The maximum atomic E-state index is 12.2. The van der Waals surface area contributed by atoms with E-state index in [1.54, 1.807) is 23.9 Å². The maximum absolute atomic E-state index is 12.2. The highest BCUT2D eigenvalue weighted by atomic mass is 32.2. The Bertz CT molecular complexity index is 897. The van der Waals surface area contributed by atoms with Gasteiger partial charge >= 0.3 is 0 Å². The Morgan fingerprint density at radius 1 is 1.00 bits per heavy atom. The quantitative estimate of drug-likeness (QED) is 0.432. The van der Waals surface area contributed by atoms with E-state index in [9.17, 15) is 9.59 Å². The summed E-state index contributed by atoms with van der Waals surface area (Å²) in [5.41, 5.74) is 4.09. The molecular weight excluding hydrogens is 406 g/mol. The van der Waals surface area contributed by atoms with E-state index >= 15 is 0 Å². The average molecular weight is 438 g/mol. The number of rotatable bonds is 10. The predicted molar refractivity (Wildman–Crippen MR) is 127 cm³/mol. The van der Waals surface area contributed by atoms with E-state index in [4.69, 9.17) is 0 Å². The van der Waals surface area contributed by atoms with Crippen LogP contribution in [0.25, 0.3) is 11.1 Å². The van der Waals surface area contributed by atoms with Crippen LogP contribution in [0.1, 0.15) is 32.1 Å². The van der Waals surface area contributed by atoms with Crippen LogP contribution < -0.4 is 5.32 Å². The number of hydrogen-bond acceptors (Lipinski definition) is 4. The van der Waals surface area contributed by atoms with Crippen LogP contribution in [-0.4, -0.2) is 48.7 Å². The molecule has 1 N–H and O–H groups in total. The van der Waals surface area contributed by atoms with Crippen molar-refractivity contribution in [2.45, 2.75) is 37.0 Å². The molecule has 3 rings (SSSR count). The topological polar surface area (TPSA) is 52.7 Å².